The molecule has 3 aromatic rings. The topological polar surface area (TPSA) is 75.4 Å². The minimum atomic E-state index is -1.01. The fraction of sp³-hybridized carbons (Fsp3) is 0.438. The molecule has 1 saturated carbocycles. The molecule has 3 heterocycles. The SMILES string of the molecule is [C-]#[N+]C[C@H]1CN(c2nc(OCCOC3CC3)nc3c2CCN(c2cccc4cccc(C)c24)C3)CCN1C(=O)C(=C)F. The van der Waals surface area contributed by atoms with Crippen LogP contribution in [0.5, 0.6) is 6.01 Å². The van der Waals surface area contributed by atoms with Crippen LogP contribution in [0.25, 0.3) is 15.6 Å². The molecule has 0 radical (unpaired) electrons. The van der Waals surface area contributed by atoms with Gasteiger partial charge in [-0.05, 0) is 43.2 Å². The molecule has 1 saturated heterocycles. The first-order valence-corrected chi connectivity index (χ1v) is 14.5. The predicted octanol–water partition coefficient (Wildman–Crippen LogP) is 4.48. The number of fused-ring (bicyclic) bond motifs is 2. The third kappa shape index (κ3) is 5.74. The molecule has 0 bridgehead atoms. The van der Waals surface area contributed by atoms with E-state index in [9.17, 15) is 9.18 Å². The van der Waals surface area contributed by atoms with Gasteiger partial charge in [-0.2, -0.15) is 9.97 Å². The maximum absolute atomic E-state index is 13.8. The second-order valence-electron chi connectivity index (χ2n) is 11.1. The summed E-state index contributed by atoms with van der Waals surface area (Å²) in [5.41, 5.74) is 4.34. The third-order valence-corrected chi connectivity index (χ3v) is 8.22. The molecule has 1 aliphatic carbocycles. The minimum absolute atomic E-state index is 0.0683. The fourth-order valence-electron chi connectivity index (χ4n) is 6.00. The van der Waals surface area contributed by atoms with Crippen LogP contribution in [0.3, 0.4) is 0 Å². The fourth-order valence-corrected chi connectivity index (χ4v) is 6.00. The van der Waals surface area contributed by atoms with Crippen LogP contribution < -0.4 is 14.5 Å². The molecule has 1 amide bonds. The number of anilines is 2. The summed E-state index contributed by atoms with van der Waals surface area (Å²) in [7, 11) is 0. The first-order valence-electron chi connectivity index (χ1n) is 14.5. The summed E-state index contributed by atoms with van der Waals surface area (Å²) in [6.07, 6.45) is 3.26. The highest BCUT2D eigenvalue weighted by Crippen LogP contribution is 2.36. The molecule has 218 valence electrons. The number of hydrogen-bond acceptors (Lipinski definition) is 7. The second-order valence-corrected chi connectivity index (χ2v) is 11.1. The number of ether oxygens (including phenoxy) is 2. The van der Waals surface area contributed by atoms with Gasteiger partial charge in [0.25, 0.3) is 5.91 Å². The summed E-state index contributed by atoms with van der Waals surface area (Å²) >= 11 is 0. The Labute approximate surface area is 245 Å². The summed E-state index contributed by atoms with van der Waals surface area (Å²) in [5.74, 6) is -1.01. The summed E-state index contributed by atoms with van der Waals surface area (Å²) in [5, 5.41) is 2.44. The van der Waals surface area contributed by atoms with Crippen LogP contribution in [0.2, 0.25) is 0 Å². The minimum Gasteiger partial charge on any atom is -0.461 e. The number of rotatable bonds is 9. The maximum Gasteiger partial charge on any atom is 0.318 e. The molecular formula is C32H35FN6O3. The zero-order chi connectivity index (χ0) is 29.2. The van der Waals surface area contributed by atoms with E-state index in [0.717, 1.165) is 42.9 Å². The standard InChI is InChI=1S/C32H35FN6O3/c1-21-6-4-7-23-8-5-9-28(29(21)23)37-13-12-26-27(20-37)35-32(42-17-16-41-25-10-11-25)36-30(26)38-14-15-39(31(40)22(2)33)24(19-38)18-34-3/h4-9,24-25H,2,10-20H2,1H3/t24-/m0/s1. The smallest absolute Gasteiger partial charge is 0.318 e. The highest BCUT2D eigenvalue weighted by molar-refractivity contribution is 5.97. The Balaban J connectivity index is 1.31. The Kier molecular flexibility index (Phi) is 7.94. The monoisotopic (exact) mass is 570 g/mol. The van der Waals surface area contributed by atoms with Gasteiger partial charge in [-0.1, -0.05) is 36.9 Å². The van der Waals surface area contributed by atoms with Crippen LogP contribution in [-0.4, -0.2) is 78.9 Å². The molecule has 2 aromatic carbocycles. The van der Waals surface area contributed by atoms with Crippen molar-refractivity contribution < 1.29 is 18.7 Å². The van der Waals surface area contributed by atoms with Crippen molar-refractivity contribution in [2.75, 3.05) is 55.7 Å². The van der Waals surface area contributed by atoms with Crippen LogP contribution in [0, 0.1) is 13.5 Å². The molecule has 1 aromatic heterocycles. The molecule has 1 atom stereocenters. The van der Waals surface area contributed by atoms with Gasteiger partial charge < -0.3 is 29.0 Å². The van der Waals surface area contributed by atoms with Gasteiger partial charge in [-0.25, -0.2) is 11.0 Å². The van der Waals surface area contributed by atoms with Gasteiger partial charge in [-0.15, -0.1) is 0 Å². The summed E-state index contributed by atoms with van der Waals surface area (Å²) in [6.45, 7) is 16.1. The molecule has 0 unspecified atom stereocenters. The van der Waals surface area contributed by atoms with Gasteiger partial charge in [-0.3, -0.25) is 4.79 Å². The largest absolute Gasteiger partial charge is 0.461 e. The van der Waals surface area contributed by atoms with E-state index in [-0.39, 0.29) is 19.1 Å². The highest BCUT2D eigenvalue weighted by Gasteiger charge is 2.36. The van der Waals surface area contributed by atoms with Crippen LogP contribution in [0.4, 0.5) is 15.9 Å². The summed E-state index contributed by atoms with van der Waals surface area (Å²) in [4.78, 5) is 31.6. The average molecular weight is 571 g/mol. The molecule has 2 aliphatic heterocycles. The number of piperazine rings is 1. The lowest BCUT2D eigenvalue weighted by Gasteiger charge is -2.41. The normalized spacial score (nSPS) is 18.5. The molecule has 2 fully saturated rings. The van der Waals surface area contributed by atoms with Crippen molar-refractivity contribution in [1.29, 1.82) is 0 Å². The molecule has 9 nitrogen and oxygen atoms in total. The van der Waals surface area contributed by atoms with Crippen molar-refractivity contribution in [3.05, 3.63) is 77.0 Å². The lowest BCUT2D eigenvalue weighted by molar-refractivity contribution is -0.131. The van der Waals surface area contributed by atoms with Crippen LogP contribution in [0.1, 0.15) is 29.7 Å². The number of carbonyl (C=O) groups is 1. The second kappa shape index (κ2) is 11.9. The van der Waals surface area contributed by atoms with Crippen LogP contribution in [0.15, 0.2) is 48.8 Å². The van der Waals surface area contributed by atoms with E-state index in [1.54, 1.807) is 0 Å². The van der Waals surface area contributed by atoms with E-state index >= 15 is 0 Å². The van der Waals surface area contributed by atoms with E-state index in [0.29, 0.717) is 39.0 Å². The van der Waals surface area contributed by atoms with Gasteiger partial charge in [0.05, 0.1) is 24.9 Å². The highest BCUT2D eigenvalue weighted by atomic mass is 19.1. The predicted molar refractivity (Wildman–Crippen MR) is 159 cm³/mol. The Hall–Kier alpha value is -4.23. The van der Waals surface area contributed by atoms with Gasteiger partial charge in [0.2, 0.25) is 6.54 Å². The average Bonchev–Trinajstić information content (AvgIpc) is 3.83. The number of hydrogen-bond donors (Lipinski definition) is 0. The molecular weight excluding hydrogens is 535 g/mol. The summed E-state index contributed by atoms with van der Waals surface area (Å²) in [6, 6.07) is 12.6. The molecule has 6 rings (SSSR count). The zero-order valence-corrected chi connectivity index (χ0v) is 23.9. The van der Waals surface area contributed by atoms with Crippen molar-refractivity contribution in [2.24, 2.45) is 0 Å². The van der Waals surface area contributed by atoms with Crippen molar-refractivity contribution in [1.82, 2.24) is 14.9 Å². The first kappa shape index (κ1) is 27.9. The third-order valence-electron chi connectivity index (χ3n) is 8.22. The maximum atomic E-state index is 13.8. The number of halogens is 1. The van der Waals surface area contributed by atoms with E-state index in [2.05, 4.69) is 64.5 Å². The Morgan fingerprint density at radius 2 is 1.93 bits per heavy atom. The number of aryl methyl sites for hydroxylation is 1. The van der Waals surface area contributed by atoms with Gasteiger partial charge in [0.15, 0.2) is 5.83 Å². The number of nitrogens with zero attached hydrogens (tertiary/aromatic N) is 6. The zero-order valence-electron chi connectivity index (χ0n) is 23.9. The van der Waals surface area contributed by atoms with Gasteiger partial charge >= 0.3 is 6.01 Å². The molecule has 10 heteroatoms. The first-order chi connectivity index (χ1) is 20.4. The van der Waals surface area contributed by atoms with Crippen LogP contribution in [-0.2, 0) is 22.5 Å². The van der Waals surface area contributed by atoms with Crippen LogP contribution >= 0.6 is 0 Å². The van der Waals surface area contributed by atoms with E-state index in [1.807, 2.05) is 0 Å². The van der Waals surface area contributed by atoms with Crippen molar-refractivity contribution in [2.45, 2.75) is 44.9 Å². The number of amides is 1. The van der Waals surface area contributed by atoms with E-state index in [4.69, 9.17) is 26.0 Å². The molecule has 42 heavy (non-hydrogen) atoms. The van der Waals surface area contributed by atoms with E-state index in [1.165, 1.54) is 26.9 Å². The Morgan fingerprint density at radius 3 is 2.69 bits per heavy atom. The lowest BCUT2D eigenvalue weighted by Crippen LogP contribution is -2.57. The van der Waals surface area contributed by atoms with Gasteiger partial charge in [0, 0.05) is 42.8 Å². The molecule has 3 aliphatic rings. The summed E-state index contributed by atoms with van der Waals surface area (Å²) < 4.78 is 25.5. The quantitative estimate of drug-likeness (QED) is 0.213. The Bertz CT molecular complexity index is 1550. The van der Waals surface area contributed by atoms with Crippen molar-refractivity contribution >= 4 is 28.2 Å². The lowest BCUT2D eigenvalue weighted by atomic mass is 9.99. The number of benzene rings is 2. The van der Waals surface area contributed by atoms with E-state index < -0.39 is 17.8 Å². The number of carbonyl (C=O) groups excluding carboxylic acids is 1. The Morgan fingerprint density at radius 1 is 1.12 bits per heavy atom. The molecule has 0 spiro atoms. The van der Waals surface area contributed by atoms with Gasteiger partial charge in [0.1, 0.15) is 18.5 Å². The number of aromatic nitrogens is 2. The van der Waals surface area contributed by atoms with Crippen molar-refractivity contribution in [3.8, 4) is 6.01 Å². The molecule has 0 N–H and O–H groups in total. The van der Waals surface area contributed by atoms with Crippen molar-refractivity contribution in [3.63, 3.8) is 0 Å².